The number of hydrogen-bond donors (Lipinski definition) is 1. The van der Waals surface area contributed by atoms with Gasteiger partial charge in [-0.05, 0) is 48.6 Å². The highest BCUT2D eigenvalue weighted by molar-refractivity contribution is 5.95. The molecular formula is C25H30N4O4. The number of nitrogens with zero attached hydrogens (tertiary/aromatic N) is 3. The third-order valence-corrected chi connectivity index (χ3v) is 5.59. The van der Waals surface area contributed by atoms with Crippen LogP contribution in [0, 0.1) is 0 Å². The number of rotatable bonds is 9. The minimum Gasteiger partial charge on any atom is -0.493 e. The predicted molar refractivity (Wildman–Crippen MR) is 124 cm³/mol. The maximum Gasteiger partial charge on any atom is 0.255 e. The highest BCUT2D eigenvalue weighted by Crippen LogP contribution is 2.29. The minimum atomic E-state index is -0.182. The summed E-state index contributed by atoms with van der Waals surface area (Å²) in [6, 6.07) is 11.3. The fourth-order valence-corrected chi connectivity index (χ4v) is 3.93. The molecule has 0 aliphatic carbocycles. The molecule has 1 N–H and O–H groups in total. The van der Waals surface area contributed by atoms with Gasteiger partial charge >= 0.3 is 0 Å². The van der Waals surface area contributed by atoms with Gasteiger partial charge in [0.15, 0.2) is 17.3 Å². The van der Waals surface area contributed by atoms with Gasteiger partial charge in [0.05, 0.1) is 30.7 Å². The van der Waals surface area contributed by atoms with Crippen LogP contribution >= 0.6 is 0 Å². The van der Waals surface area contributed by atoms with E-state index in [-0.39, 0.29) is 17.9 Å². The summed E-state index contributed by atoms with van der Waals surface area (Å²) in [5, 5.41) is 7.42. The molecule has 0 spiro atoms. The van der Waals surface area contributed by atoms with Crippen LogP contribution in [0.4, 0.5) is 0 Å². The average Bonchev–Trinajstić information content (AvgIpc) is 3.52. The Hall–Kier alpha value is -3.39. The Bertz CT molecular complexity index is 1080. The van der Waals surface area contributed by atoms with E-state index in [2.05, 4.69) is 15.4 Å². The van der Waals surface area contributed by atoms with Crippen molar-refractivity contribution in [1.82, 2.24) is 20.1 Å². The lowest BCUT2D eigenvalue weighted by atomic mass is 10.1. The standard InChI is InChI=1S/C25H30N4O4/c1-17(2)24-20(15-28-29(24)23-8-4-5-11-26-23)25(30)27-14-18-9-10-21(22(13-18)31-3)33-16-19-7-6-12-32-19/h4-5,8-11,13,15,17,19H,6-7,12,14,16H2,1-3H3,(H,27,30). The number of carbonyl (C=O) groups is 1. The molecule has 1 aliphatic heterocycles. The van der Waals surface area contributed by atoms with Gasteiger partial charge in [0.25, 0.3) is 5.91 Å². The number of benzene rings is 1. The molecule has 8 heteroatoms. The van der Waals surface area contributed by atoms with E-state index in [1.165, 1.54) is 0 Å². The lowest BCUT2D eigenvalue weighted by molar-refractivity contribution is 0.0669. The highest BCUT2D eigenvalue weighted by atomic mass is 16.5. The summed E-state index contributed by atoms with van der Waals surface area (Å²) in [6.45, 7) is 5.72. The molecule has 3 heterocycles. The number of methoxy groups -OCH3 is 1. The average molecular weight is 451 g/mol. The van der Waals surface area contributed by atoms with Crippen LogP contribution in [0.25, 0.3) is 5.82 Å². The highest BCUT2D eigenvalue weighted by Gasteiger charge is 2.21. The number of amides is 1. The summed E-state index contributed by atoms with van der Waals surface area (Å²) in [6.07, 6.45) is 5.53. The fraction of sp³-hybridized carbons (Fsp3) is 0.400. The zero-order valence-electron chi connectivity index (χ0n) is 19.3. The van der Waals surface area contributed by atoms with Gasteiger partial charge in [-0.15, -0.1) is 0 Å². The molecule has 0 radical (unpaired) electrons. The Labute approximate surface area is 193 Å². The monoisotopic (exact) mass is 450 g/mol. The SMILES string of the molecule is COc1cc(CNC(=O)c2cnn(-c3ccccn3)c2C(C)C)ccc1OCC1CCCO1. The van der Waals surface area contributed by atoms with E-state index in [1.54, 1.807) is 24.2 Å². The van der Waals surface area contributed by atoms with Crippen LogP contribution in [0.3, 0.4) is 0 Å². The van der Waals surface area contributed by atoms with Gasteiger partial charge in [-0.2, -0.15) is 5.10 Å². The molecular weight excluding hydrogens is 420 g/mol. The first kappa shape index (κ1) is 22.8. The number of aromatic nitrogens is 3. The first-order valence-electron chi connectivity index (χ1n) is 11.3. The Morgan fingerprint density at radius 3 is 2.85 bits per heavy atom. The molecule has 33 heavy (non-hydrogen) atoms. The summed E-state index contributed by atoms with van der Waals surface area (Å²) in [4.78, 5) is 17.4. The van der Waals surface area contributed by atoms with Crippen molar-refractivity contribution in [3.63, 3.8) is 0 Å². The lowest BCUT2D eigenvalue weighted by Crippen LogP contribution is -2.24. The second-order valence-corrected chi connectivity index (χ2v) is 8.31. The second kappa shape index (κ2) is 10.5. The lowest BCUT2D eigenvalue weighted by Gasteiger charge is -2.15. The zero-order chi connectivity index (χ0) is 23.2. The van der Waals surface area contributed by atoms with Crippen LogP contribution in [-0.4, -0.2) is 47.1 Å². The van der Waals surface area contributed by atoms with Crippen molar-refractivity contribution < 1.29 is 19.0 Å². The molecule has 1 aliphatic rings. The van der Waals surface area contributed by atoms with Crippen molar-refractivity contribution in [3.8, 4) is 17.3 Å². The molecule has 1 unspecified atom stereocenters. The number of pyridine rings is 1. The summed E-state index contributed by atoms with van der Waals surface area (Å²) < 4.78 is 18.7. The van der Waals surface area contributed by atoms with E-state index in [0.29, 0.717) is 36.0 Å². The minimum absolute atomic E-state index is 0.0932. The first-order valence-corrected chi connectivity index (χ1v) is 11.3. The van der Waals surface area contributed by atoms with Gasteiger partial charge in [-0.3, -0.25) is 4.79 Å². The molecule has 1 atom stereocenters. The summed E-state index contributed by atoms with van der Waals surface area (Å²) in [5.41, 5.74) is 2.27. The smallest absolute Gasteiger partial charge is 0.255 e. The van der Waals surface area contributed by atoms with Gasteiger partial charge in [0.1, 0.15) is 6.61 Å². The third kappa shape index (κ3) is 5.34. The van der Waals surface area contributed by atoms with E-state index in [0.717, 1.165) is 30.7 Å². The van der Waals surface area contributed by atoms with Crippen LogP contribution < -0.4 is 14.8 Å². The number of nitrogens with one attached hydrogen (secondary N) is 1. The molecule has 0 bridgehead atoms. The van der Waals surface area contributed by atoms with Crippen molar-refractivity contribution in [2.45, 2.75) is 45.3 Å². The zero-order valence-corrected chi connectivity index (χ0v) is 19.3. The molecule has 4 rings (SSSR count). The van der Waals surface area contributed by atoms with Crippen LogP contribution in [0.15, 0.2) is 48.8 Å². The number of hydrogen-bond acceptors (Lipinski definition) is 6. The molecule has 1 aromatic carbocycles. The van der Waals surface area contributed by atoms with Crippen molar-refractivity contribution in [2.24, 2.45) is 0 Å². The van der Waals surface area contributed by atoms with E-state index in [9.17, 15) is 4.79 Å². The molecule has 8 nitrogen and oxygen atoms in total. The maximum absolute atomic E-state index is 13.0. The van der Waals surface area contributed by atoms with Crippen molar-refractivity contribution in [3.05, 3.63) is 65.6 Å². The fourth-order valence-electron chi connectivity index (χ4n) is 3.93. The van der Waals surface area contributed by atoms with Gasteiger partial charge in [0, 0.05) is 19.3 Å². The third-order valence-electron chi connectivity index (χ3n) is 5.59. The molecule has 1 saturated heterocycles. The van der Waals surface area contributed by atoms with Crippen LogP contribution in [0.2, 0.25) is 0 Å². The number of ether oxygens (including phenoxy) is 3. The topological polar surface area (TPSA) is 87.5 Å². The molecule has 0 saturated carbocycles. The maximum atomic E-state index is 13.0. The Kier molecular flexibility index (Phi) is 7.24. The van der Waals surface area contributed by atoms with E-state index < -0.39 is 0 Å². The quantitative estimate of drug-likeness (QED) is 0.532. The van der Waals surface area contributed by atoms with Gasteiger partial charge in [0.2, 0.25) is 0 Å². The van der Waals surface area contributed by atoms with E-state index >= 15 is 0 Å². The van der Waals surface area contributed by atoms with Crippen LogP contribution in [0.1, 0.15) is 54.2 Å². The van der Waals surface area contributed by atoms with Crippen molar-refractivity contribution in [2.75, 3.05) is 20.3 Å². The molecule has 2 aromatic heterocycles. The largest absolute Gasteiger partial charge is 0.493 e. The summed E-state index contributed by atoms with van der Waals surface area (Å²) in [7, 11) is 1.61. The Morgan fingerprint density at radius 1 is 1.27 bits per heavy atom. The molecule has 1 fully saturated rings. The Balaban J connectivity index is 1.44. The number of carbonyl (C=O) groups excluding carboxylic acids is 1. The van der Waals surface area contributed by atoms with Crippen LogP contribution in [0.5, 0.6) is 11.5 Å². The molecule has 174 valence electrons. The molecule has 3 aromatic rings. The normalized spacial score (nSPS) is 15.6. The van der Waals surface area contributed by atoms with Crippen LogP contribution in [-0.2, 0) is 11.3 Å². The van der Waals surface area contributed by atoms with Gasteiger partial charge in [-0.25, -0.2) is 9.67 Å². The summed E-state index contributed by atoms with van der Waals surface area (Å²) in [5.74, 6) is 1.89. The van der Waals surface area contributed by atoms with Crippen molar-refractivity contribution >= 4 is 5.91 Å². The van der Waals surface area contributed by atoms with Gasteiger partial charge in [-0.1, -0.05) is 26.0 Å². The summed E-state index contributed by atoms with van der Waals surface area (Å²) >= 11 is 0. The van der Waals surface area contributed by atoms with E-state index in [4.69, 9.17) is 14.2 Å². The first-order chi connectivity index (χ1) is 16.1. The van der Waals surface area contributed by atoms with Gasteiger partial charge < -0.3 is 19.5 Å². The predicted octanol–water partition coefficient (Wildman–Crippen LogP) is 3.89. The van der Waals surface area contributed by atoms with Crippen molar-refractivity contribution in [1.29, 1.82) is 0 Å². The second-order valence-electron chi connectivity index (χ2n) is 8.31. The van der Waals surface area contributed by atoms with E-state index in [1.807, 2.05) is 50.2 Å². The molecule has 1 amide bonds. The Morgan fingerprint density at radius 2 is 2.15 bits per heavy atom.